The van der Waals surface area contributed by atoms with Gasteiger partial charge in [-0.2, -0.15) is 13.8 Å². The first-order chi connectivity index (χ1) is 9.63. The summed E-state index contributed by atoms with van der Waals surface area (Å²) in [6.07, 6.45) is 2.47. The highest BCUT2D eigenvalue weighted by Gasteiger charge is 2.12. The summed E-state index contributed by atoms with van der Waals surface area (Å²) in [5.41, 5.74) is 0.760. The van der Waals surface area contributed by atoms with E-state index in [9.17, 15) is 13.2 Å². The summed E-state index contributed by atoms with van der Waals surface area (Å²) in [6.45, 7) is -2.64. The Morgan fingerprint density at radius 1 is 1.35 bits per heavy atom. The third-order valence-corrected chi connectivity index (χ3v) is 2.71. The van der Waals surface area contributed by atoms with Crippen LogP contribution >= 0.6 is 0 Å². The molecule has 0 unspecified atom stereocenters. The van der Waals surface area contributed by atoms with Gasteiger partial charge in [-0.25, -0.2) is 9.37 Å². The highest BCUT2D eigenvalue weighted by atomic mass is 19.3. The molecule has 1 aromatic carbocycles. The van der Waals surface area contributed by atoms with Crippen molar-refractivity contribution >= 4 is 17.1 Å². The van der Waals surface area contributed by atoms with Crippen LogP contribution in [-0.4, -0.2) is 14.5 Å². The lowest BCUT2D eigenvalue weighted by Gasteiger charge is -2.05. The fourth-order valence-electron chi connectivity index (χ4n) is 1.79. The normalized spacial score (nSPS) is 11.4. The molecule has 0 saturated carbocycles. The van der Waals surface area contributed by atoms with E-state index in [-0.39, 0.29) is 18.4 Å². The molecule has 2 heterocycles. The molecule has 104 valence electrons. The van der Waals surface area contributed by atoms with E-state index in [0.717, 1.165) is 4.57 Å². The van der Waals surface area contributed by atoms with Crippen LogP contribution in [0.25, 0.3) is 11.1 Å². The minimum absolute atomic E-state index is 0.0205. The first kappa shape index (κ1) is 12.5. The lowest BCUT2D eigenvalue weighted by Crippen LogP contribution is -2.09. The number of nitrogens with one attached hydrogen (secondary N) is 1. The number of nitrogens with zero attached hydrogens (tertiary/aromatic N) is 3. The Hall–Kier alpha value is -2.51. The van der Waals surface area contributed by atoms with Crippen LogP contribution in [0.1, 0.15) is 12.4 Å². The maximum Gasteiger partial charge on any atom is 0.319 e. The van der Waals surface area contributed by atoms with E-state index in [4.69, 9.17) is 4.42 Å². The van der Waals surface area contributed by atoms with E-state index in [0.29, 0.717) is 11.1 Å². The third kappa shape index (κ3) is 2.31. The van der Waals surface area contributed by atoms with Crippen LogP contribution in [0.3, 0.4) is 0 Å². The Labute approximate surface area is 111 Å². The maximum atomic E-state index is 13.0. The lowest BCUT2D eigenvalue weighted by atomic mass is 10.3. The van der Waals surface area contributed by atoms with Gasteiger partial charge >= 0.3 is 6.55 Å². The summed E-state index contributed by atoms with van der Waals surface area (Å²) < 4.78 is 44.3. The number of aromatic nitrogens is 3. The van der Waals surface area contributed by atoms with Crippen molar-refractivity contribution in [2.24, 2.45) is 0 Å². The largest absolute Gasteiger partial charge is 0.424 e. The van der Waals surface area contributed by atoms with E-state index in [1.54, 1.807) is 0 Å². The van der Waals surface area contributed by atoms with Crippen molar-refractivity contribution in [2.45, 2.75) is 13.1 Å². The lowest BCUT2D eigenvalue weighted by molar-refractivity contribution is 0.0672. The maximum absolute atomic E-state index is 13.0. The number of alkyl halides is 2. The number of benzene rings is 1. The smallest absolute Gasteiger partial charge is 0.319 e. The fraction of sp³-hybridized carbons (Fsp3) is 0.167. The van der Waals surface area contributed by atoms with Gasteiger partial charge in [0.05, 0.1) is 6.54 Å². The first-order valence-electron chi connectivity index (χ1n) is 5.73. The molecule has 0 bridgehead atoms. The van der Waals surface area contributed by atoms with Gasteiger partial charge in [0.15, 0.2) is 5.58 Å². The monoisotopic (exact) mass is 282 g/mol. The Morgan fingerprint density at radius 2 is 2.20 bits per heavy atom. The molecular formula is C12H9F3N4O. The van der Waals surface area contributed by atoms with Gasteiger partial charge in [0, 0.05) is 18.5 Å². The van der Waals surface area contributed by atoms with Gasteiger partial charge in [-0.15, -0.1) is 0 Å². The molecule has 3 rings (SSSR count). The second kappa shape index (κ2) is 4.87. The Bertz CT molecular complexity index is 737. The molecule has 0 atom stereocenters. The molecule has 0 aliphatic rings. The highest BCUT2D eigenvalue weighted by Crippen LogP contribution is 2.20. The summed E-state index contributed by atoms with van der Waals surface area (Å²) in [6, 6.07) is 4.04. The number of imidazole rings is 1. The van der Waals surface area contributed by atoms with Gasteiger partial charge in [0.1, 0.15) is 17.2 Å². The van der Waals surface area contributed by atoms with Crippen LogP contribution < -0.4 is 5.32 Å². The molecule has 0 spiro atoms. The van der Waals surface area contributed by atoms with E-state index in [1.807, 2.05) is 0 Å². The number of hydrogen-bond acceptors (Lipinski definition) is 4. The van der Waals surface area contributed by atoms with Crippen molar-refractivity contribution in [3.05, 3.63) is 42.2 Å². The second-order valence-corrected chi connectivity index (χ2v) is 4.01. The van der Waals surface area contributed by atoms with Gasteiger partial charge in [-0.3, -0.25) is 4.57 Å². The van der Waals surface area contributed by atoms with Crippen molar-refractivity contribution in [1.29, 1.82) is 0 Å². The SMILES string of the molecule is Fc1ccc2oc(NCc3nccn3C(F)F)nc2c1. The summed E-state index contributed by atoms with van der Waals surface area (Å²) >= 11 is 0. The van der Waals surface area contributed by atoms with E-state index in [2.05, 4.69) is 15.3 Å². The third-order valence-electron chi connectivity index (χ3n) is 2.71. The molecule has 3 aromatic rings. The molecule has 0 amide bonds. The second-order valence-electron chi connectivity index (χ2n) is 4.01. The summed E-state index contributed by atoms with van der Waals surface area (Å²) in [5, 5.41) is 2.73. The Morgan fingerprint density at radius 3 is 3.00 bits per heavy atom. The zero-order chi connectivity index (χ0) is 14.1. The number of rotatable bonds is 4. The molecule has 0 aliphatic heterocycles. The molecule has 20 heavy (non-hydrogen) atoms. The standard InChI is InChI=1S/C12H9F3N4O/c13-7-1-2-9-8(5-7)18-12(20-9)17-6-10-16-3-4-19(10)11(14)15/h1-5,11H,6H2,(H,17,18). The predicted octanol–water partition coefficient (Wildman–Crippen LogP) is 3.17. The topological polar surface area (TPSA) is 55.9 Å². The number of oxazole rings is 1. The van der Waals surface area contributed by atoms with E-state index < -0.39 is 12.4 Å². The number of hydrogen-bond donors (Lipinski definition) is 1. The van der Waals surface area contributed by atoms with Crippen molar-refractivity contribution in [2.75, 3.05) is 5.32 Å². The van der Waals surface area contributed by atoms with Crippen molar-refractivity contribution in [1.82, 2.24) is 14.5 Å². The van der Waals surface area contributed by atoms with E-state index >= 15 is 0 Å². The average Bonchev–Trinajstić information content (AvgIpc) is 3.01. The Balaban J connectivity index is 1.78. The molecule has 0 fully saturated rings. The van der Waals surface area contributed by atoms with Gasteiger partial charge in [-0.05, 0) is 12.1 Å². The minimum atomic E-state index is -2.66. The fourth-order valence-corrected chi connectivity index (χ4v) is 1.79. The number of anilines is 1. The van der Waals surface area contributed by atoms with Crippen molar-refractivity contribution in [3.8, 4) is 0 Å². The first-order valence-corrected chi connectivity index (χ1v) is 5.73. The summed E-state index contributed by atoms with van der Waals surface area (Å²) in [7, 11) is 0. The van der Waals surface area contributed by atoms with Crippen LogP contribution in [-0.2, 0) is 6.54 Å². The zero-order valence-electron chi connectivity index (χ0n) is 10.1. The van der Waals surface area contributed by atoms with Crippen LogP contribution in [0.5, 0.6) is 0 Å². The average molecular weight is 282 g/mol. The Kier molecular flexibility index (Phi) is 3.05. The number of halogens is 3. The van der Waals surface area contributed by atoms with Crippen LogP contribution in [0.4, 0.5) is 19.2 Å². The molecule has 0 radical (unpaired) electrons. The van der Waals surface area contributed by atoms with Crippen LogP contribution in [0.15, 0.2) is 35.0 Å². The van der Waals surface area contributed by atoms with Gasteiger partial charge < -0.3 is 9.73 Å². The predicted molar refractivity (Wildman–Crippen MR) is 64.8 cm³/mol. The van der Waals surface area contributed by atoms with E-state index in [1.165, 1.54) is 30.6 Å². The van der Waals surface area contributed by atoms with Crippen molar-refractivity contribution in [3.63, 3.8) is 0 Å². The van der Waals surface area contributed by atoms with Gasteiger partial charge in [0.2, 0.25) is 0 Å². The number of fused-ring (bicyclic) bond motifs is 1. The molecule has 2 aromatic heterocycles. The molecule has 1 N–H and O–H groups in total. The molecular weight excluding hydrogens is 273 g/mol. The van der Waals surface area contributed by atoms with Gasteiger partial charge in [0.25, 0.3) is 6.01 Å². The van der Waals surface area contributed by atoms with Gasteiger partial charge in [-0.1, -0.05) is 0 Å². The zero-order valence-corrected chi connectivity index (χ0v) is 10.1. The molecule has 0 aliphatic carbocycles. The summed E-state index contributed by atoms with van der Waals surface area (Å²) in [5.74, 6) is -0.279. The molecule has 5 nitrogen and oxygen atoms in total. The highest BCUT2D eigenvalue weighted by molar-refractivity contribution is 5.74. The summed E-state index contributed by atoms with van der Waals surface area (Å²) in [4.78, 5) is 7.82. The van der Waals surface area contributed by atoms with Crippen LogP contribution in [0.2, 0.25) is 0 Å². The minimum Gasteiger partial charge on any atom is -0.424 e. The van der Waals surface area contributed by atoms with Crippen molar-refractivity contribution < 1.29 is 17.6 Å². The quantitative estimate of drug-likeness (QED) is 0.798. The molecule has 8 heteroatoms. The van der Waals surface area contributed by atoms with Crippen LogP contribution in [0, 0.1) is 5.82 Å². The molecule has 0 saturated heterocycles.